The van der Waals surface area contributed by atoms with Crippen LogP contribution in [0.5, 0.6) is 0 Å². The van der Waals surface area contributed by atoms with Crippen LogP contribution in [0.4, 0.5) is 0 Å². The van der Waals surface area contributed by atoms with Gasteiger partial charge in [0.1, 0.15) is 0 Å². The first-order chi connectivity index (χ1) is 11.9. The van der Waals surface area contributed by atoms with Crippen molar-refractivity contribution in [2.24, 2.45) is 0 Å². The largest absolute Gasteiger partial charge is 0.261 e. The first kappa shape index (κ1) is 16.4. The average molecular weight is 314 g/mol. The van der Waals surface area contributed by atoms with Crippen LogP contribution < -0.4 is 0 Å². The molecule has 24 heavy (non-hydrogen) atoms. The number of benzene rings is 2. The fourth-order valence-electron chi connectivity index (χ4n) is 3.33. The summed E-state index contributed by atoms with van der Waals surface area (Å²) in [6.07, 6.45) is 10.5. The third kappa shape index (κ3) is 3.91. The highest BCUT2D eigenvalue weighted by atomic mass is 14.7. The molecule has 3 aromatic rings. The van der Waals surface area contributed by atoms with Gasteiger partial charge in [0.15, 0.2) is 0 Å². The van der Waals surface area contributed by atoms with Crippen molar-refractivity contribution in [3.63, 3.8) is 0 Å². The second-order valence-electron chi connectivity index (χ2n) is 6.13. The molecule has 0 bridgehead atoms. The van der Waals surface area contributed by atoms with Crippen LogP contribution >= 0.6 is 0 Å². The standard InChI is InChI=1S/C23H24N/c1-2-3-4-5-6-15-22(23-17-9-10-18-24-23)21-16-11-13-19-12-7-8-14-20(19)21/h2-3,7-14,16-18,22H,1,4-6,15H2. The third-order valence-corrected chi connectivity index (χ3v) is 4.52. The molecule has 1 heterocycles. The van der Waals surface area contributed by atoms with E-state index in [4.69, 9.17) is 0 Å². The summed E-state index contributed by atoms with van der Waals surface area (Å²) in [6, 6.07) is 21.5. The van der Waals surface area contributed by atoms with Crippen molar-refractivity contribution >= 4 is 10.8 Å². The van der Waals surface area contributed by atoms with Crippen molar-refractivity contribution in [2.45, 2.75) is 31.6 Å². The summed E-state index contributed by atoms with van der Waals surface area (Å²) in [7, 11) is 0. The number of nitrogens with zero attached hydrogens (tertiary/aromatic N) is 1. The smallest absolute Gasteiger partial charge is 0.0478 e. The van der Waals surface area contributed by atoms with E-state index >= 15 is 0 Å². The zero-order valence-electron chi connectivity index (χ0n) is 14.1. The molecule has 121 valence electrons. The maximum absolute atomic E-state index is 4.65. The van der Waals surface area contributed by atoms with Gasteiger partial charge in [-0.3, -0.25) is 4.98 Å². The first-order valence-corrected chi connectivity index (χ1v) is 8.73. The van der Waals surface area contributed by atoms with Gasteiger partial charge < -0.3 is 0 Å². The van der Waals surface area contributed by atoms with Gasteiger partial charge in [-0.15, -0.1) is 6.58 Å². The van der Waals surface area contributed by atoms with Crippen molar-refractivity contribution in [2.75, 3.05) is 0 Å². The lowest BCUT2D eigenvalue weighted by molar-refractivity contribution is 0.618. The monoisotopic (exact) mass is 314 g/mol. The van der Waals surface area contributed by atoms with E-state index in [1.165, 1.54) is 34.9 Å². The van der Waals surface area contributed by atoms with Crippen molar-refractivity contribution < 1.29 is 0 Å². The third-order valence-electron chi connectivity index (χ3n) is 4.52. The van der Waals surface area contributed by atoms with Gasteiger partial charge in [-0.05, 0) is 47.7 Å². The maximum atomic E-state index is 4.65. The molecule has 1 heteroatoms. The highest BCUT2D eigenvalue weighted by Crippen LogP contribution is 2.33. The molecular formula is C23H24N. The van der Waals surface area contributed by atoms with Crippen LogP contribution in [0.25, 0.3) is 10.8 Å². The number of rotatable bonds is 8. The van der Waals surface area contributed by atoms with Crippen molar-refractivity contribution in [1.82, 2.24) is 4.98 Å². The molecule has 0 saturated heterocycles. The number of fused-ring (bicyclic) bond motifs is 1. The molecule has 1 atom stereocenters. The Kier molecular flexibility index (Phi) is 5.79. The fraction of sp³-hybridized carbons (Fsp3) is 0.217. The minimum Gasteiger partial charge on any atom is -0.261 e. The van der Waals surface area contributed by atoms with Gasteiger partial charge in [0, 0.05) is 17.8 Å². The van der Waals surface area contributed by atoms with Crippen LogP contribution in [0.15, 0.2) is 79.5 Å². The Morgan fingerprint density at radius 2 is 1.75 bits per heavy atom. The molecule has 1 radical (unpaired) electrons. The molecule has 2 aromatic carbocycles. The van der Waals surface area contributed by atoms with Crippen LogP contribution in [-0.4, -0.2) is 4.98 Å². The normalized spacial score (nSPS) is 12.2. The predicted molar refractivity (Wildman–Crippen MR) is 103 cm³/mol. The fourth-order valence-corrected chi connectivity index (χ4v) is 3.33. The second kappa shape index (κ2) is 8.44. The second-order valence-corrected chi connectivity index (χ2v) is 6.13. The first-order valence-electron chi connectivity index (χ1n) is 8.73. The van der Waals surface area contributed by atoms with Gasteiger partial charge in [-0.25, -0.2) is 0 Å². The van der Waals surface area contributed by atoms with E-state index < -0.39 is 0 Å². The van der Waals surface area contributed by atoms with E-state index in [-0.39, 0.29) is 0 Å². The number of hydrogen-bond donors (Lipinski definition) is 0. The molecule has 0 spiro atoms. The zero-order valence-corrected chi connectivity index (χ0v) is 14.1. The molecule has 0 amide bonds. The molecule has 0 fully saturated rings. The highest BCUT2D eigenvalue weighted by Gasteiger charge is 2.17. The summed E-state index contributed by atoms with van der Waals surface area (Å²) in [4.78, 5) is 4.65. The molecule has 0 aliphatic carbocycles. The van der Waals surface area contributed by atoms with E-state index in [0.717, 1.165) is 12.8 Å². The molecule has 0 N–H and O–H groups in total. The Hall–Kier alpha value is -2.41. The predicted octanol–water partition coefficient (Wildman–Crippen LogP) is 6.32. The van der Waals surface area contributed by atoms with Crippen molar-refractivity contribution in [3.05, 3.63) is 97.2 Å². The Labute approximate surface area is 145 Å². The van der Waals surface area contributed by atoms with Gasteiger partial charge in [0.2, 0.25) is 0 Å². The lowest BCUT2D eigenvalue weighted by atomic mass is 9.86. The van der Waals surface area contributed by atoms with Crippen LogP contribution in [0.3, 0.4) is 0 Å². The lowest BCUT2D eigenvalue weighted by Crippen LogP contribution is -2.04. The molecule has 1 aromatic heterocycles. The zero-order chi connectivity index (χ0) is 16.6. The topological polar surface area (TPSA) is 12.9 Å². The number of pyridine rings is 1. The molecular weight excluding hydrogens is 290 g/mol. The summed E-state index contributed by atoms with van der Waals surface area (Å²) >= 11 is 0. The minimum absolute atomic E-state index is 0.348. The number of aromatic nitrogens is 1. The summed E-state index contributed by atoms with van der Waals surface area (Å²) in [5.74, 6) is 0.348. The Morgan fingerprint density at radius 3 is 2.58 bits per heavy atom. The SMILES string of the molecule is C=C[CH]CCCCC(c1ccccn1)c1cccc2ccccc12. The van der Waals surface area contributed by atoms with Crippen molar-refractivity contribution in [3.8, 4) is 0 Å². The van der Waals surface area contributed by atoms with Gasteiger partial charge in [-0.1, -0.05) is 67.4 Å². The van der Waals surface area contributed by atoms with E-state index in [1.807, 2.05) is 18.3 Å². The number of unbranched alkanes of at least 4 members (excludes halogenated alkanes) is 3. The van der Waals surface area contributed by atoms with E-state index in [9.17, 15) is 0 Å². The molecule has 0 saturated carbocycles. The lowest BCUT2D eigenvalue weighted by Gasteiger charge is -2.19. The summed E-state index contributed by atoms with van der Waals surface area (Å²) in [5, 5.41) is 2.64. The quantitative estimate of drug-likeness (QED) is 0.443. The van der Waals surface area contributed by atoms with Crippen LogP contribution in [-0.2, 0) is 0 Å². The molecule has 0 aliphatic rings. The van der Waals surface area contributed by atoms with E-state index in [1.54, 1.807) is 0 Å². The Balaban J connectivity index is 1.90. The van der Waals surface area contributed by atoms with Gasteiger partial charge in [-0.2, -0.15) is 0 Å². The van der Waals surface area contributed by atoms with Crippen LogP contribution in [0.2, 0.25) is 0 Å². The van der Waals surface area contributed by atoms with Gasteiger partial charge in [0.25, 0.3) is 0 Å². The van der Waals surface area contributed by atoms with Gasteiger partial charge in [0.05, 0.1) is 0 Å². The van der Waals surface area contributed by atoms with Crippen LogP contribution in [0, 0.1) is 6.42 Å². The van der Waals surface area contributed by atoms with E-state index in [0.29, 0.717) is 5.92 Å². The maximum Gasteiger partial charge on any atom is 0.0478 e. The van der Waals surface area contributed by atoms with Gasteiger partial charge >= 0.3 is 0 Å². The average Bonchev–Trinajstić information content (AvgIpc) is 2.65. The molecule has 1 unspecified atom stereocenters. The number of hydrogen-bond acceptors (Lipinski definition) is 1. The summed E-state index contributed by atoms with van der Waals surface area (Å²) < 4.78 is 0. The molecule has 0 aliphatic heterocycles. The Morgan fingerprint density at radius 1 is 0.917 bits per heavy atom. The minimum atomic E-state index is 0.348. The summed E-state index contributed by atoms with van der Waals surface area (Å²) in [6.45, 7) is 3.76. The van der Waals surface area contributed by atoms with Crippen LogP contribution in [0.1, 0.15) is 42.9 Å². The number of allylic oxidation sites excluding steroid dienone is 1. The molecule has 3 rings (SSSR count). The van der Waals surface area contributed by atoms with E-state index in [2.05, 4.69) is 72.6 Å². The van der Waals surface area contributed by atoms with Crippen molar-refractivity contribution in [1.29, 1.82) is 0 Å². The Bertz CT molecular complexity index is 771. The summed E-state index contributed by atoms with van der Waals surface area (Å²) in [5.41, 5.74) is 2.56. The highest BCUT2D eigenvalue weighted by molar-refractivity contribution is 5.86. The molecule has 1 nitrogen and oxygen atoms in total.